The second-order valence-electron chi connectivity index (χ2n) is 2.82. The van der Waals surface area contributed by atoms with Crippen molar-refractivity contribution in [3.05, 3.63) is 41.0 Å². The first-order valence-electron chi connectivity index (χ1n) is 4.71. The van der Waals surface area contributed by atoms with E-state index in [0.717, 1.165) is 31.4 Å². The van der Waals surface area contributed by atoms with Gasteiger partial charge in [0.15, 0.2) is 6.26 Å². The molecule has 1 rings (SSSR count). The zero-order valence-electron chi connectivity index (χ0n) is 9.29. The van der Waals surface area contributed by atoms with E-state index in [1.54, 1.807) is 0 Å². The summed E-state index contributed by atoms with van der Waals surface area (Å²) in [5.41, 5.74) is -0.865. The van der Waals surface area contributed by atoms with Gasteiger partial charge in [0.2, 0.25) is 0 Å². The summed E-state index contributed by atoms with van der Waals surface area (Å²) < 4.78 is 37.4. The predicted molar refractivity (Wildman–Crippen MR) is 52.8 cm³/mol. The average Bonchev–Trinajstić information content (AvgIpc) is 2.24. The molecule has 0 spiro atoms. The van der Waals surface area contributed by atoms with Crippen molar-refractivity contribution in [2.75, 3.05) is 7.11 Å². The standard InChI is InChI=1S/C11H8F2O3/c1-16-11(15)3-2-7-4-9(12)8(6-14)10(13)5-7/h2-6H,1H3/b3-2+/i6D. The van der Waals surface area contributed by atoms with Crippen LogP contribution < -0.4 is 0 Å². The van der Waals surface area contributed by atoms with Crippen molar-refractivity contribution in [3.8, 4) is 0 Å². The maximum absolute atomic E-state index is 13.2. The van der Waals surface area contributed by atoms with Gasteiger partial charge in [-0.1, -0.05) is 0 Å². The molecule has 0 unspecified atom stereocenters. The number of hydrogen-bond donors (Lipinski definition) is 0. The summed E-state index contributed by atoms with van der Waals surface area (Å²) >= 11 is 0. The number of methoxy groups -OCH3 is 1. The quantitative estimate of drug-likeness (QED) is 0.450. The minimum absolute atomic E-state index is 0.0513. The number of benzene rings is 1. The molecule has 0 aliphatic carbocycles. The number of hydrogen-bond acceptors (Lipinski definition) is 3. The van der Waals surface area contributed by atoms with Gasteiger partial charge in [-0.25, -0.2) is 13.6 Å². The van der Waals surface area contributed by atoms with Crippen LogP contribution in [0.4, 0.5) is 8.78 Å². The first kappa shape index (κ1) is 10.5. The van der Waals surface area contributed by atoms with Crippen molar-refractivity contribution < 1.29 is 24.5 Å². The summed E-state index contributed by atoms with van der Waals surface area (Å²) in [4.78, 5) is 21.4. The maximum Gasteiger partial charge on any atom is 0.330 e. The summed E-state index contributed by atoms with van der Waals surface area (Å²) in [6, 6.07) is 1.70. The molecule has 0 saturated carbocycles. The van der Waals surface area contributed by atoms with Gasteiger partial charge in [-0.3, -0.25) is 4.79 Å². The van der Waals surface area contributed by atoms with E-state index < -0.39 is 29.4 Å². The molecule has 1 aromatic rings. The van der Waals surface area contributed by atoms with Crippen molar-refractivity contribution in [1.29, 1.82) is 0 Å². The van der Waals surface area contributed by atoms with Crippen LogP contribution in [0.3, 0.4) is 0 Å². The Hall–Kier alpha value is -2.04. The highest BCUT2D eigenvalue weighted by Gasteiger charge is 2.08. The van der Waals surface area contributed by atoms with E-state index in [4.69, 9.17) is 1.37 Å². The second kappa shape index (κ2) is 5.16. The van der Waals surface area contributed by atoms with Gasteiger partial charge in [-0.2, -0.15) is 0 Å². The molecule has 0 N–H and O–H groups in total. The molecule has 16 heavy (non-hydrogen) atoms. The van der Waals surface area contributed by atoms with E-state index in [1.807, 2.05) is 0 Å². The smallest absolute Gasteiger partial charge is 0.330 e. The molecule has 0 bridgehead atoms. The monoisotopic (exact) mass is 227 g/mol. The molecule has 0 aliphatic heterocycles. The number of aldehydes is 1. The van der Waals surface area contributed by atoms with Crippen LogP contribution in [-0.2, 0) is 9.53 Å². The Labute approximate surface area is 91.7 Å². The summed E-state index contributed by atoms with van der Waals surface area (Å²) in [6.45, 7) is 0. The van der Waals surface area contributed by atoms with Crippen molar-refractivity contribution in [3.63, 3.8) is 0 Å². The molecular formula is C11H8F2O3. The molecule has 1 aromatic carbocycles. The lowest BCUT2D eigenvalue weighted by atomic mass is 10.1. The Balaban J connectivity index is 3.11. The van der Waals surface area contributed by atoms with Crippen LogP contribution in [0, 0.1) is 11.6 Å². The summed E-state index contributed by atoms with van der Waals surface area (Å²) in [5.74, 6) is -2.96. The molecule has 0 aromatic heterocycles. The van der Waals surface area contributed by atoms with Crippen LogP contribution >= 0.6 is 0 Å². The first-order chi connectivity index (χ1) is 7.95. The van der Waals surface area contributed by atoms with E-state index in [-0.39, 0.29) is 5.56 Å². The Morgan fingerprint density at radius 3 is 2.44 bits per heavy atom. The Morgan fingerprint density at radius 1 is 1.44 bits per heavy atom. The Kier molecular flexibility index (Phi) is 3.38. The molecule has 0 fully saturated rings. The third-order valence-electron chi connectivity index (χ3n) is 1.78. The number of carbonyl (C=O) groups excluding carboxylic acids is 2. The van der Waals surface area contributed by atoms with Crippen LogP contribution in [0.1, 0.15) is 17.3 Å². The number of rotatable bonds is 3. The lowest BCUT2D eigenvalue weighted by Crippen LogP contribution is -1.96. The molecule has 84 valence electrons. The lowest BCUT2D eigenvalue weighted by Gasteiger charge is -1.99. The van der Waals surface area contributed by atoms with Crippen LogP contribution in [-0.4, -0.2) is 19.3 Å². The van der Waals surface area contributed by atoms with Crippen LogP contribution in [0.15, 0.2) is 18.2 Å². The van der Waals surface area contributed by atoms with Gasteiger partial charge in [0.05, 0.1) is 12.7 Å². The summed E-state index contributed by atoms with van der Waals surface area (Å²) in [5, 5.41) is 0. The largest absolute Gasteiger partial charge is 0.466 e. The molecule has 0 saturated heterocycles. The van der Waals surface area contributed by atoms with Gasteiger partial charge in [-0.05, 0) is 23.8 Å². The van der Waals surface area contributed by atoms with Crippen molar-refractivity contribution in [2.45, 2.75) is 0 Å². The van der Waals surface area contributed by atoms with E-state index >= 15 is 0 Å². The summed E-state index contributed by atoms with van der Waals surface area (Å²) in [7, 11) is 1.16. The Bertz CT molecular complexity index is 474. The second-order valence-corrected chi connectivity index (χ2v) is 2.82. The fraction of sp³-hybridized carbons (Fsp3) is 0.0909. The number of halogens is 2. The number of carbonyl (C=O) groups is 2. The average molecular weight is 227 g/mol. The van der Waals surface area contributed by atoms with Crippen molar-refractivity contribution >= 4 is 18.3 Å². The third-order valence-corrected chi connectivity index (χ3v) is 1.78. The van der Waals surface area contributed by atoms with Crippen molar-refractivity contribution in [2.24, 2.45) is 0 Å². The van der Waals surface area contributed by atoms with E-state index in [0.29, 0.717) is 0 Å². The van der Waals surface area contributed by atoms with Gasteiger partial charge < -0.3 is 4.74 Å². The molecule has 0 aliphatic rings. The molecule has 5 heteroatoms. The minimum atomic E-state index is -1.44. The van der Waals surface area contributed by atoms with Crippen LogP contribution in [0.2, 0.25) is 0 Å². The van der Waals surface area contributed by atoms with Gasteiger partial charge in [-0.15, -0.1) is 0 Å². The van der Waals surface area contributed by atoms with E-state index in [9.17, 15) is 18.4 Å². The third kappa shape index (κ3) is 2.73. The van der Waals surface area contributed by atoms with Crippen molar-refractivity contribution in [1.82, 2.24) is 0 Å². The summed E-state index contributed by atoms with van der Waals surface area (Å²) in [6.07, 6.45) is 0.676. The van der Waals surface area contributed by atoms with E-state index in [2.05, 4.69) is 4.74 Å². The predicted octanol–water partition coefficient (Wildman–Crippen LogP) is 1.96. The van der Waals surface area contributed by atoms with Gasteiger partial charge in [0.1, 0.15) is 13.0 Å². The fourth-order valence-corrected chi connectivity index (χ4v) is 1.02. The molecule has 0 atom stereocenters. The van der Waals surface area contributed by atoms with Gasteiger partial charge in [0.25, 0.3) is 0 Å². The van der Waals surface area contributed by atoms with Crippen LogP contribution in [0.5, 0.6) is 0 Å². The first-order valence-corrected chi connectivity index (χ1v) is 4.21. The molecule has 0 radical (unpaired) electrons. The highest BCUT2D eigenvalue weighted by Crippen LogP contribution is 2.14. The minimum Gasteiger partial charge on any atom is -0.466 e. The molecular weight excluding hydrogens is 218 g/mol. The normalized spacial score (nSPS) is 11.3. The highest BCUT2D eigenvalue weighted by molar-refractivity contribution is 5.87. The number of ether oxygens (including phenoxy) is 1. The Morgan fingerprint density at radius 2 is 2.00 bits per heavy atom. The molecule has 0 amide bonds. The molecule has 0 heterocycles. The topological polar surface area (TPSA) is 43.4 Å². The van der Waals surface area contributed by atoms with E-state index in [1.165, 1.54) is 0 Å². The maximum atomic E-state index is 13.2. The molecule has 3 nitrogen and oxygen atoms in total. The number of esters is 1. The van der Waals surface area contributed by atoms with Crippen LogP contribution in [0.25, 0.3) is 6.08 Å². The van der Waals surface area contributed by atoms with Gasteiger partial charge >= 0.3 is 5.97 Å². The zero-order chi connectivity index (χ0) is 13.0. The lowest BCUT2D eigenvalue weighted by molar-refractivity contribution is -0.134. The highest BCUT2D eigenvalue weighted by atomic mass is 19.1. The van der Waals surface area contributed by atoms with Gasteiger partial charge in [0, 0.05) is 6.08 Å². The SMILES string of the molecule is [2H]C(=O)c1c(F)cc(/C=C/C(=O)OC)cc1F. The fourth-order valence-electron chi connectivity index (χ4n) is 1.02. The zero-order valence-corrected chi connectivity index (χ0v) is 8.29.